The monoisotopic (exact) mass is 352 g/mol. The third-order valence-corrected chi connectivity index (χ3v) is 4.85. The average molecular weight is 354 g/mol. The summed E-state index contributed by atoms with van der Waals surface area (Å²) < 4.78 is 0.874. The van der Waals surface area contributed by atoms with Crippen LogP contribution >= 0.6 is 27.5 Å². The predicted molar refractivity (Wildman–Crippen MR) is 89.0 cm³/mol. The summed E-state index contributed by atoms with van der Waals surface area (Å²) >= 11 is 9.51. The molecule has 1 atom stereocenters. The zero-order valence-electron chi connectivity index (χ0n) is 11.8. The summed E-state index contributed by atoms with van der Waals surface area (Å²) in [6.07, 6.45) is 0. The summed E-state index contributed by atoms with van der Waals surface area (Å²) in [7, 11) is 0. The van der Waals surface area contributed by atoms with E-state index in [2.05, 4.69) is 54.3 Å². The van der Waals surface area contributed by atoms with E-state index in [-0.39, 0.29) is 6.04 Å². The smallest absolute Gasteiger partial charge is 0.0713 e. The van der Waals surface area contributed by atoms with Crippen molar-refractivity contribution >= 4 is 27.5 Å². The fraction of sp³-hybridized carbons (Fsp3) is 0.250. The van der Waals surface area contributed by atoms with Crippen LogP contribution in [0.25, 0.3) is 0 Å². The molecule has 0 radical (unpaired) electrons. The molecule has 0 saturated carbocycles. The highest BCUT2D eigenvalue weighted by Crippen LogP contribution is 2.31. The lowest BCUT2D eigenvalue weighted by atomic mass is 9.92. The molecule has 3 N–H and O–H groups in total. The van der Waals surface area contributed by atoms with E-state index in [0.29, 0.717) is 5.02 Å². The van der Waals surface area contributed by atoms with Gasteiger partial charge in [0.15, 0.2) is 0 Å². The number of hydrogen-bond acceptors (Lipinski definition) is 2. The minimum atomic E-state index is -0.0529. The Morgan fingerprint density at radius 1 is 1.05 bits per heavy atom. The van der Waals surface area contributed by atoms with E-state index in [1.807, 2.05) is 18.2 Å². The van der Waals surface area contributed by atoms with Crippen LogP contribution in [0.15, 0.2) is 34.8 Å². The van der Waals surface area contributed by atoms with Crippen LogP contribution < -0.4 is 11.3 Å². The number of hydrazine groups is 1. The van der Waals surface area contributed by atoms with Gasteiger partial charge < -0.3 is 0 Å². The molecule has 0 heterocycles. The molecule has 2 aromatic rings. The van der Waals surface area contributed by atoms with E-state index in [4.69, 9.17) is 17.4 Å². The van der Waals surface area contributed by atoms with Gasteiger partial charge in [-0.15, -0.1) is 0 Å². The van der Waals surface area contributed by atoms with Crippen molar-refractivity contribution in [3.05, 3.63) is 67.6 Å². The van der Waals surface area contributed by atoms with Crippen LogP contribution in [0.3, 0.4) is 0 Å². The number of rotatable bonds is 3. The summed E-state index contributed by atoms with van der Waals surface area (Å²) in [5.41, 5.74) is 8.95. The summed E-state index contributed by atoms with van der Waals surface area (Å²) in [6.45, 7) is 6.34. The molecule has 4 heteroatoms. The zero-order valence-corrected chi connectivity index (χ0v) is 14.1. The molecule has 0 saturated heterocycles. The van der Waals surface area contributed by atoms with E-state index < -0.39 is 0 Å². The first-order valence-electron chi connectivity index (χ1n) is 6.43. The van der Waals surface area contributed by atoms with E-state index in [0.717, 1.165) is 10.0 Å². The van der Waals surface area contributed by atoms with Crippen molar-refractivity contribution in [3.8, 4) is 0 Å². The van der Waals surface area contributed by atoms with E-state index in [9.17, 15) is 0 Å². The highest BCUT2D eigenvalue weighted by atomic mass is 79.9. The lowest BCUT2D eigenvalue weighted by molar-refractivity contribution is 0.633. The van der Waals surface area contributed by atoms with Crippen molar-refractivity contribution in [1.82, 2.24) is 5.43 Å². The molecular formula is C16H18BrClN2. The van der Waals surface area contributed by atoms with Crippen LogP contribution in [0.1, 0.15) is 33.9 Å². The molecule has 2 aromatic carbocycles. The third-order valence-electron chi connectivity index (χ3n) is 3.64. The van der Waals surface area contributed by atoms with Gasteiger partial charge in [-0.05, 0) is 76.7 Å². The Bertz CT molecular complexity index is 641. The molecule has 20 heavy (non-hydrogen) atoms. The molecule has 0 bridgehead atoms. The largest absolute Gasteiger partial charge is 0.271 e. The number of hydrogen-bond donors (Lipinski definition) is 2. The zero-order chi connectivity index (χ0) is 14.9. The van der Waals surface area contributed by atoms with Crippen molar-refractivity contribution in [2.24, 2.45) is 5.84 Å². The highest BCUT2D eigenvalue weighted by molar-refractivity contribution is 9.10. The second-order valence-corrected chi connectivity index (χ2v) is 6.33. The molecule has 0 spiro atoms. The molecule has 0 amide bonds. The number of nitrogens with one attached hydrogen (secondary N) is 1. The summed E-state index contributed by atoms with van der Waals surface area (Å²) in [5.74, 6) is 5.78. The number of benzene rings is 2. The molecule has 0 aliphatic rings. The van der Waals surface area contributed by atoms with Gasteiger partial charge in [0, 0.05) is 4.47 Å². The Morgan fingerprint density at radius 3 is 2.30 bits per heavy atom. The lowest BCUT2D eigenvalue weighted by Gasteiger charge is -2.21. The van der Waals surface area contributed by atoms with Gasteiger partial charge in [0.25, 0.3) is 0 Å². The molecule has 106 valence electrons. The SMILES string of the molecule is Cc1cc(C)c(C(NN)c2ccc(Cl)c(Br)c2)cc1C. The Hall–Kier alpha value is -0.870. The fourth-order valence-electron chi connectivity index (χ4n) is 2.35. The molecule has 2 rings (SSSR count). The summed E-state index contributed by atoms with van der Waals surface area (Å²) in [4.78, 5) is 0. The fourth-order valence-corrected chi connectivity index (χ4v) is 2.87. The summed E-state index contributed by atoms with van der Waals surface area (Å²) in [6, 6.07) is 10.2. The molecule has 0 aliphatic heterocycles. The van der Waals surface area contributed by atoms with Gasteiger partial charge >= 0.3 is 0 Å². The molecular weight excluding hydrogens is 336 g/mol. The molecule has 1 unspecified atom stereocenters. The van der Waals surface area contributed by atoms with Crippen molar-refractivity contribution in [2.45, 2.75) is 26.8 Å². The first-order chi connectivity index (χ1) is 9.43. The molecule has 0 fully saturated rings. The Labute approximate surface area is 133 Å². The Morgan fingerprint density at radius 2 is 1.70 bits per heavy atom. The van der Waals surface area contributed by atoms with Crippen LogP contribution in [-0.4, -0.2) is 0 Å². The first kappa shape index (κ1) is 15.5. The minimum Gasteiger partial charge on any atom is -0.271 e. The second-order valence-electron chi connectivity index (χ2n) is 5.07. The number of nitrogens with two attached hydrogens (primary N) is 1. The van der Waals surface area contributed by atoms with E-state index >= 15 is 0 Å². The normalized spacial score (nSPS) is 12.5. The topological polar surface area (TPSA) is 38.0 Å². The molecule has 0 aliphatic carbocycles. The standard InChI is InChI=1S/C16H18BrClN2/c1-9-6-11(3)13(7-10(9)2)16(20-19)12-4-5-15(18)14(17)8-12/h4-8,16,20H,19H2,1-3H3. The average Bonchev–Trinajstić information content (AvgIpc) is 2.40. The van der Waals surface area contributed by atoms with Crippen LogP contribution in [0.5, 0.6) is 0 Å². The molecule has 2 nitrogen and oxygen atoms in total. The first-order valence-corrected chi connectivity index (χ1v) is 7.60. The maximum absolute atomic E-state index is 6.05. The lowest BCUT2D eigenvalue weighted by Crippen LogP contribution is -2.29. The van der Waals surface area contributed by atoms with Crippen molar-refractivity contribution in [2.75, 3.05) is 0 Å². The minimum absolute atomic E-state index is 0.0529. The van der Waals surface area contributed by atoms with Crippen LogP contribution in [-0.2, 0) is 0 Å². The number of halogens is 2. The van der Waals surface area contributed by atoms with Crippen LogP contribution in [0.2, 0.25) is 5.02 Å². The number of aryl methyl sites for hydroxylation is 3. The highest BCUT2D eigenvalue weighted by Gasteiger charge is 2.16. The van der Waals surface area contributed by atoms with Gasteiger partial charge in [-0.25, -0.2) is 5.43 Å². The van der Waals surface area contributed by atoms with Gasteiger partial charge in [-0.3, -0.25) is 5.84 Å². The summed E-state index contributed by atoms with van der Waals surface area (Å²) in [5, 5.41) is 0.696. The quantitative estimate of drug-likeness (QED) is 0.626. The van der Waals surface area contributed by atoms with Crippen molar-refractivity contribution in [3.63, 3.8) is 0 Å². The third kappa shape index (κ3) is 3.07. The maximum atomic E-state index is 6.05. The van der Waals surface area contributed by atoms with Crippen molar-refractivity contribution in [1.29, 1.82) is 0 Å². The second kappa shape index (κ2) is 6.27. The predicted octanol–water partition coefficient (Wildman–Crippen LogP) is 4.58. The van der Waals surface area contributed by atoms with Gasteiger partial charge in [-0.2, -0.15) is 0 Å². The van der Waals surface area contributed by atoms with Crippen LogP contribution in [0.4, 0.5) is 0 Å². The van der Waals surface area contributed by atoms with Crippen LogP contribution in [0, 0.1) is 20.8 Å². The maximum Gasteiger partial charge on any atom is 0.0713 e. The van der Waals surface area contributed by atoms with E-state index in [1.54, 1.807) is 0 Å². The Kier molecular flexibility index (Phi) is 4.86. The van der Waals surface area contributed by atoms with Gasteiger partial charge in [0.05, 0.1) is 11.1 Å². The molecule has 0 aromatic heterocycles. The van der Waals surface area contributed by atoms with Crippen molar-refractivity contribution < 1.29 is 0 Å². The Balaban J connectivity index is 2.52. The van der Waals surface area contributed by atoms with Gasteiger partial charge in [0.1, 0.15) is 0 Å². The van der Waals surface area contributed by atoms with Gasteiger partial charge in [0.2, 0.25) is 0 Å². The van der Waals surface area contributed by atoms with E-state index in [1.165, 1.54) is 22.3 Å². The van der Waals surface area contributed by atoms with Gasteiger partial charge in [-0.1, -0.05) is 29.8 Å².